The van der Waals surface area contributed by atoms with Crippen molar-refractivity contribution < 1.29 is 18.7 Å². The summed E-state index contributed by atoms with van der Waals surface area (Å²) in [6.07, 6.45) is 0. The molecule has 0 bridgehead atoms. The summed E-state index contributed by atoms with van der Waals surface area (Å²) in [6.45, 7) is 0.830. The van der Waals surface area contributed by atoms with Crippen molar-refractivity contribution in [2.45, 2.75) is 5.37 Å². The van der Waals surface area contributed by atoms with Crippen LogP contribution in [0.3, 0.4) is 0 Å². The predicted octanol–water partition coefficient (Wildman–Crippen LogP) is 4.49. The second kappa shape index (κ2) is 6.65. The van der Waals surface area contributed by atoms with Gasteiger partial charge in [0.25, 0.3) is 0 Å². The molecular formula is C17H14ClFN2O3S. The van der Waals surface area contributed by atoms with Gasteiger partial charge in [0.1, 0.15) is 11.2 Å². The minimum Gasteiger partial charge on any atom is -0.454 e. The number of nitrogens with one attached hydrogen (secondary N) is 1. The van der Waals surface area contributed by atoms with Gasteiger partial charge in [-0.3, -0.25) is 0 Å². The molecule has 1 N–H and O–H groups in total. The van der Waals surface area contributed by atoms with Gasteiger partial charge >= 0.3 is 6.03 Å². The minimum atomic E-state index is -0.519. The van der Waals surface area contributed by atoms with Crippen LogP contribution in [0.15, 0.2) is 36.4 Å². The average Bonchev–Trinajstić information content (AvgIpc) is 3.26. The monoisotopic (exact) mass is 380 g/mol. The van der Waals surface area contributed by atoms with Crippen LogP contribution < -0.4 is 14.8 Å². The summed E-state index contributed by atoms with van der Waals surface area (Å²) in [7, 11) is 0. The quantitative estimate of drug-likeness (QED) is 0.834. The molecule has 1 saturated heterocycles. The van der Waals surface area contributed by atoms with Crippen molar-refractivity contribution >= 4 is 35.1 Å². The van der Waals surface area contributed by atoms with E-state index in [1.54, 1.807) is 16.7 Å². The number of anilines is 1. The molecule has 8 heteroatoms. The number of urea groups is 1. The van der Waals surface area contributed by atoms with Crippen LogP contribution in [0.2, 0.25) is 5.02 Å². The predicted molar refractivity (Wildman–Crippen MR) is 94.9 cm³/mol. The van der Waals surface area contributed by atoms with Crippen molar-refractivity contribution in [3.8, 4) is 11.5 Å². The smallest absolute Gasteiger partial charge is 0.323 e. The van der Waals surface area contributed by atoms with Crippen molar-refractivity contribution in [2.75, 3.05) is 24.4 Å². The minimum absolute atomic E-state index is 0.0269. The van der Waals surface area contributed by atoms with Gasteiger partial charge in [0.05, 0.1) is 5.02 Å². The Labute approximate surface area is 153 Å². The first kappa shape index (κ1) is 16.4. The lowest BCUT2D eigenvalue weighted by atomic mass is 10.2. The van der Waals surface area contributed by atoms with Gasteiger partial charge in [-0.15, -0.1) is 11.8 Å². The Kier molecular flexibility index (Phi) is 4.35. The Bertz CT molecular complexity index is 836. The van der Waals surface area contributed by atoms with E-state index in [9.17, 15) is 9.18 Å². The Hall–Kier alpha value is -2.12. The van der Waals surface area contributed by atoms with Crippen LogP contribution in [-0.2, 0) is 0 Å². The van der Waals surface area contributed by atoms with E-state index in [4.69, 9.17) is 21.1 Å². The molecule has 2 aliphatic heterocycles. The van der Waals surface area contributed by atoms with E-state index in [1.165, 1.54) is 18.2 Å². The van der Waals surface area contributed by atoms with Crippen LogP contribution in [0, 0.1) is 5.82 Å². The zero-order valence-corrected chi connectivity index (χ0v) is 14.6. The number of carbonyl (C=O) groups excluding carboxylic acids is 1. The van der Waals surface area contributed by atoms with E-state index in [0.717, 1.165) is 11.3 Å². The number of thioether (sulfide) groups is 1. The summed E-state index contributed by atoms with van der Waals surface area (Å²) in [6, 6.07) is 9.55. The lowest BCUT2D eigenvalue weighted by molar-refractivity contribution is 0.174. The number of benzene rings is 2. The lowest BCUT2D eigenvalue weighted by Gasteiger charge is -2.24. The van der Waals surface area contributed by atoms with Gasteiger partial charge in [-0.1, -0.05) is 17.7 Å². The first-order chi connectivity index (χ1) is 12.1. The van der Waals surface area contributed by atoms with Crippen molar-refractivity contribution in [1.82, 2.24) is 4.90 Å². The van der Waals surface area contributed by atoms with E-state index >= 15 is 0 Å². The molecule has 25 heavy (non-hydrogen) atoms. The van der Waals surface area contributed by atoms with Crippen LogP contribution in [0.5, 0.6) is 11.5 Å². The van der Waals surface area contributed by atoms with Gasteiger partial charge in [-0.25, -0.2) is 9.18 Å². The molecule has 0 saturated carbocycles. The van der Waals surface area contributed by atoms with E-state index in [-0.39, 0.29) is 23.2 Å². The highest BCUT2D eigenvalue weighted by molar-refractivity contribution is 7.99. The molecule has 0 unspecified atom stereocenters. The highest BCUT2D eigenvalue weighted by Gasteiger charge is 2.32. The molecule has 1 fully saturated rings. The Morgan fingerprint density at radius 2 is 2.08 bits per heavy atom. The standard InChI is InChI=1S/C17H14ClFN2O3S/c18-12-8-11(2-3-13(12)19)20-17(22)21-5-6-25-16(21)10-1-4-14-15(7-10)24-9-23-14/h1-4,7-8,16H,5-6,9H2,(H,20,22)/t16-/m0/s1. The topological polar surface area (TPSA) is 50.8 Å². The SMILES string of the molecule is O=C(Nc1ccc(F)c(Cl)c1)N1CCS[C@H]1c1ccc2c(c1)OCO2. The molecule has 4 rings (SSSR count). The lowest BCUT2D eigenvalue weighted by Crippen LogP contribution is -2.34. The van der Waals surface area contributed by atoms with Crippen LogP contribution in [0.1, 0.15) is 10.9 Å². The number of carbonyl (C=O) groups is 1. The van der Waals surface area contributed by atoms with Crippen molar-refractivity contribution in [3.05, 3.63) is 52.8 Å². The second-order valence-electron chi connectivity index (χ2n) is 5.59. The number of nitrogens with zero attached hydrogens (tertiary/aromatic N) is 1. The van der Waals surface area contributed by atoms with Crippen LogP contribution in [0.25, 0.3) is 0 Å². The number of rotatable bonds is 2. The number of hydrogen-bond donors (Lipinski definition) is 1. The molecule has 130 valence electrons. The number of amides is 2. The summed E-state index contributed by atoms with van der Waals surface area (Å²) >= 11 is 7.44. The first-order valence-electron chi connectivity index (χ1n) is 7.65. The highest BCUT2D eigenvalue weighted by atomic mass is 35.5. The third kappa shape index (κ3) is 3.21. The molecule has 2 amide bonds. The molecule has 0 aliphatic carbocycles. The number of fused-ring (bicyclic) bond motifs is 1. The summed E-state index contributed by atoms with van der Waals surface area (Å²) in [5.41, 5.74) is 1.43. The third-order valence-electron chi connectivity index (χ3n) is 4.00. The van der Waals surface area contributed by atoms with Crippen molar-refractivity contribution in [3.63, 3.8) is 0 Å². The van der Waals surface area contributed by atoms with E-state index in [2.05, 4.69) is 5.32 Å². The summed E-state index contributed by atoms with van der Waals surface area (Å²) < 4.78 is 24.0. The van der Waals surface area contributed by atoms with Crippen LogP contribution >= 0.6 is 23.4 Å². The van der Waals surface area contributed by atoms with Crippen LogP contribution in [0.4, 0.5) is 14.9 Å². The summed E-state index contributed by atoms with van der Waals surface area (Å²) in [5.74, 6) is 1.71. The summed E-state index contributed by atoms with van der Waals surface area (Å²) in [4.78, 5) is 14.4. The van der Waals surface area contributed by atoms with Gasteiger partial charge in [0.15, 0.2) is 11.5 Å². The van der Waals surface area contributed by atoms with E-state index in [0.29, 0.717) is 23.7 Å². The molecule has 0 radical (unpaired) electrons. The fraction of sp³-hybridized carbons (Fsp3) is 0.235. The van der Waals surface area contributed by atoms with Crippen LogP contribution in [-0.4, -0.2) is 30.0 Å². The fourth-order valence-corrected chi connectivity index (χ4v) is 4.22. The first-order valence-corrected chi connectivity index (χ1v) is 9.08. The number of ether oxygens (including phenoxy) is 2. The Morgan fingerprint density at radius 3 is 2.92 bits per heavy atom. The fourth-order valence-electron chi connectivity index (χ4n) is 2.79. The highest BCUT2D eigenvalue weighted by Crippen LogP contribution is 2.42. The normalized spacial score (nSPS) is 18.5. The second-order valence-corrected chi connectivity index (χ2v) is 7.18. The maximum Gasteiger partial charge on any atom is 0.323 e. The van der Waals surface area contributed by atoms with Gasteiger partial charge < -0.3 is 19.7 Å². The van der Waals surface area contributed by atoms with Gasteiger partial charge in [0, 0.05) is 18.0 Å². The average molecular weight is 381 g/mol. The maximum absolute atomic E-state index is 13.2. The largest absolute Gasteiger partial charge is 0.454 e. The molecule has 2 aromatic rings. The summed E-state index contributed by atoms with van der Waals surface area (Å²) in [5, 5.41) is 2.62. The molecule has 2 aliphatic rings. The maximum atomic E-state index is 13.2. The molecular weight excluding hydrogens is 367 g/mol. The molecule has 5 nitrogen and oxygen atoms in total. The Morgan fingerprint density at radius 1 is 1.24 bits per heavy atom. The molecule has 0 aromatic heterocycles. The number of hydrogen-bond acceptors (Lipinski definition) is 4. The zero-order chi connectivity index (χ0) is 17.4. The molecule has 0 spiro atoms. The van der Waals surface area contributed by atoms with E-state index < -0.39 is 5.82 Å². The number of halogens is 2. The third-order valence-corrected chi connectivity index (χ3v) is 5.55. The molecule has 1 atom stereocenters. The van der Waals surface area contributed by atoms with Gasteiger partial charge in [0.2, 0.25) is 6.79 Å². The molecule has 2 heterocycles. The van der Waals surface area contributed by atoms with Gasteiger partial charge in [-0.2, -0.15) is 0 Å². The molecule has 2 aromatic carbocycles. The Balaban J connectivity index is 1.52. The zero-order valence-electron chi connectivity index (χ0n) is 13.0. The van der Waals surface area contributed by atoms with Gasteiger partial charge in [-0.05, 0) is 35.9 Å². The van der Waals surface area contributed by atoms with Crippen molar-refractivity contribution in [2.24, 2.45) is 0 Å². The van der Waals surface area contributed by atoms with E-state index in [1.807, 2.05) is 18.2 Å². The van der Waals surface area contributed by atoms with Crippen molar-refractivity contribution in [1.29, 1.82) is 0 Å².